The number of nitrogens with one attached hydrogen (secondary N) is 2. The average molecular weight is 202 g/mol. The fourth-order valence-electron chi connectivity index (χ4n) is 0.966. The van der Waals surface area contributed by atoms with Crippen LogP contribution in [0.2, 0.25) is 0 Å². The summed E-state index contributed by atoms with van der Waals surface area (Å²) in [6.07, 6.45) is 0. The van der Waals surface area contributed by atoms with Crippen LogP contribution in [0.25, 0.3) is 0 Å². The number of hydrogen-bond donors (Lipinski definition) is 4. The lowest BCUT2D eigenvalue weighted by Gasteiger charge is -2.21. The van der Waals surface area contributed by atoms with Crippen LogP contribution in [0.1, 0.15) is 0 Å². The van der Waals surface area contributed by atoms with Gasteiger partial charge in [0.2, 0.25) is 11.4 Å². The van der Waals surface area contributed by atoms with Gasteiger partial charge in [0.1, 0.15) is 0 Å². The molecule has 8 heteroatoms. The lowest BCUT2D eigenvalue weighted by molar-refractivity contribution is -1.02. The van der Waals surface area contributed by atoms with Gasteiger partial charge in [-0.15, -0.1) is 9.88 Å². The Morgan fingerprint density at radius 2 is 1.29 bits per heavy atom. The molecule has 0 aliphatic rings. The zero-order valence-corrected chi connectivity index (χ0v) is 7.10. The van der Waals surface area contributed by atoms with Crippen LogP contribution < -0.4 is 22.2 Å². The summed E-state index contributed by atoms with van der Waals surface area (Å²) in [4.78, 5) is 7.97. The Morgan fingerprint density at radius 1 is 0.929 bits per heavy atom. The van der Waals surface area contributed by atoms with Gasteiger partial charge in [-0.25, -0.2) is 0 Å². The van der Waals surface area contributed by atoms with Gasteiger partial charge >= 0.3 is 0 Å². The second-order valence-electron chi connectivity index (χ2n) is 2.36. The highest BCUT2D eigenvalue weighted by Crippen LogP contribution is 2.11. The molecule has 1 rings (SSSR count). The van der Waals surface area contributed by atoms with Crippen LogP contribution in [0.15, 0.2) is 24.3 Å². The maximum Gasteiger partial charge on any atom is 0.230 e. The number of quaternary nitrogens is 2. The van der Waals surface area contributed by atoms with E-state index in [4.69, 9.17) is 0 Å². The molecule has 0 saturated heterocycles. The first-order chi connectivity index (χ1) is 6.70. The quantitative estimate of drug-likeness (QED) is 0.394. The summed E-state index contributed by atoms with van der Waals surface area (Å²) in [5.41, 5.74) is 0.0101. The summed E-state index contributed by atoms with van der Waals surface area (Å²) < 4.78 is 0. The molecule has 0 aromatic heterocycles. The summed E-state index contributed by atoms with van der Waals surface area (Å²) in [5, 5.41) is 20.5. The summed E-state index contributed by atoms with van der Waals surface area (Å²) in [5.74, 6) is 9.36. The van der Waals surface area contributed by atoms with Gasteiger partial charge in [-0.2, -0.15) is 22.2 Å². The van der Waals surface area contributed by atoms with Crippen molar-refractivity contribution < 1.29 is 20.3 Å². The van der Waals surface area contributed by atoms with E-state index >= 15 is 0 Å². The molecule has 0 spiro atoms. The average Bonchev–Trinajstić information content (AvgIpc) is 2.27. The minimum absolute atomic E-state index is 0.00505. The van der Waals surface area contributed by atoms with E-state index in [1.165, 1.54) is 12.1 Å². The van der Waals surface area contributed by atoms with E-state index in [-0.39, 0.29) is 11.4 Å². The van der Waals surface area contributed by atoms with Gasteiger partial charge < -0.3 is 10.4 Å². The van der Waals surface area contributed by atoms with E-state index in [0.29, 0.717) is 0 Å². The molecule has 2 unspecified atom stereocenters. The summed E-state index contributed by atoms with van der Waals surface area (Å²) in [6, 6.07) is 5.86. The third kappa shape index (κ3) is 2.23. The molecular weight excluding hydrogens is 192 g/mol. The molecule has 0 aliphatic heterocycles. The molecule has 0 radical (unpaired) electrons. The fourth-order valence-corrected chi connectivity index (χ4v) is 0.966. The molecule has 0 fully saturated rings. The Hall–Kier alpha value is -1.10. The maximum absolute atomic E-state index is 11.1. The minimum Gasteiger partial charge on any atom is -0.593 e. The number of benzene rings is 1. The van der Waals surface area contributed by atoms with Crippen LogP contribution in [-0.2, 0) is 9.88 Å². The fraction of sp³-hybridized carbons (Fsp3) is 0. The zero-order chi connectivity index (χ0) is 10.6. The summed E-state index contributed by atoms with van der Waals surface area (Å²) in [7, 11) is 0. The standard InChI is InChI=1S/C6H10N4O4/c7-13-9(11)5-3-1-2-4-6(5)10(12)14-8/h1-4,9-10H,7-8H2. The van der Waals surface area contributed by atoms with Crippen LogP contribution in [0.5, 0.6) is 0 Å². The van der Waals surface area contributed by atoms with Crippen LogP contribution >= 0.6 is 0 Å². The van der Waals surface area contributed by atoms with E-state index in [0.717, 1.165) is 0 Å². The molecule has 14 heavy (non-hydrogen) atoms. The largest absolute Gasteiger partial charge is 0.593 e. The Kier molecular flexibility index (Phi) is 3.88. The van der Waals surface area contributed by atoms with Crippen molar-refractivity contribution in [2.24, 2.45) is 11.8 Å². The first-order valence-electron chi connectivity index (χ1n) is 3.62. The van der Waals surface area contributed by atoms with Gasteiger partial charge in [-0.3, -0.25) is 0 Å². The highest BCUT2D eigenvalue weighted by molar-refractivity contribution is 5.50. The number of rotatable bonds is 4. The lowest BCUT2D eigenvalue weighted by atomic mass is 10.3. The van der Waals surface area contributed by atoms with E-state index in [2.05, 4.69) is 21.7 Å². The predicted molar refractivity (Wildman–Crippen MR) is 45.0 cm³/mol. The molecule has 0 saturated carbocycles. The monoisotopic (exact) mass is 202 g/mol. The van der Waals surface area contributed by atoms with Crippen molar-refractivity contribution >= 4 is 11.4 Å². The van der Waals surface area contributed by atoms with Crippen molar-refractivity contribution in [2.45, 2.75) is 0 Å². The third-order valence-corrected chi connectivity index (χ3v) is 1.58. The second kappa shape index (κ2) is 4.95. The lowest BCUT2D eigenvalue weighted by Crippen LogP contribution is -3.07. The first-order valence-corrected chi connectivity index (χ1v) is 3.62. The smallest absolute Gasteiger partial charge is 0.230 e. The van der Waals surface area contributed by atoms with Crippen LogP contribution in [0.4, 0.5) is 11.4 Å². The Balaban J connectivity index is 3.02. The van der Waals surface area contributed by atoms with Crippen LogP contribution in [0.3, 0.4) is 0 Å². The molecule has 0 heterocycles. The van der Waals surface area contributed by atoms with Crippen LogP contribution in [0, 0.1) is 10.4 Å². The normalized spacial score (nSPS) is 15.1. The first kappa shape index (κ1) is 11.0. The van der Waals surface area contributed by atoms with E-state index in [1.54, 1.807) is 12.1 Å². The molecule has 78 valence electrons. The van der Waals surface area contributed by atoms with Crippen molar-refractivity contribution in [1.29, 1.82) is 0 Å². The summed E-state index contributed by atoms with van der Waals surface area (Å²) >= 11 is 0. The minimum atomic E-state index is -0.828. The van der Waals surface area contributed by atoms with Crippen molar-refractivity contribution in [2.75, 3.05) is 0 Å². The highest BCUT2D eigenvalue weighted by atomic mass is 17.0. The molecule has 1 aromatic rings. The third-order valence-electron chi connectivity index (χ3n) is 1.58. The number of hydrogen-bond acceptors (Lipinski definition) is 6. The van der Waals surface area contributed by atoms with Crippen molar-refractivity contribution in [1.82, 2.24) is 0 Å². The van der Waals surface area contributed by atoms with E-state index in [1.807, 2.05) is 0 Å². The van der Waals surface area contributed by atoms with Gasteiger partial charge in [0.05, 0.1) is 0 Å². The molecule has 8 nitrogen and oxygen atoms in total. The Bertz CT molecular complexity index is 268. The molecule has 2 atom stereocenters. The maximum atomic E-state index is 11.1. The van der Waals surface area contributed by atoms with Gasteiger partial charge in [0, 0.05) is 12.1 Å². The van der Waals surface area contributed by atoms with Gasteiger partial charge in [-0.1, -0.05) is 12.1 Å². The molecular formula is C6H10N4O4. The SMILES string of the molecule is NO[NH+]([O-])c1ccccc1[NH+]([O-])ON. The van der Waals surface area contributed by atoms with Gasteiger partial charge in [-0.05, 0) is 0 Å². The molecule has 6 N–H and O–H groups in total. The highest BCUT2D eigenvalue weighted by Gasteiger charge is 2.16. The summed E-state index contributed by atoms with van der Waals surface area (Å²) in [6.45, 7) is 0. The van der Waals surface area contributed by atoms with Crippen molar-refractivity contribution in [3.05, 3.63) is 34.7 Å². The van der Waals surface area contributed by atoms with E-state index in [9.17, 15) is 10.4 Å². The van der Waals surface area contributed by atoms with Gasteiger partial charge in [0.25, 0.3) is 0 Å². The predicted octanol–water partition coefficient (Wildman–Crippen LogP) is -2.67. The zero-order valence-electron chi connectivity index (χ0n) is 7.10. The Labute approximate surface area is 79.2 Å². The number of nitrogens with two attached hydrogens (primary N) is 2. The van der Waals surface area contributed by atoms with E-state index < -0.39 is 10.5 Å². The van der Waals surface area contributed by atoms with Crippen LogP contribution in [-0.4, -0.2) is 0 Å². The molecule has 0 amide bonds. The Morgan fingerprint density at radius 3 is 1.57 bits per heavy atom. The molecule has 1 aromatic carbocycles. The van der Waals surface area contributed by atoms with Gasteiger partial charge in [0.15, 0.2) is 0 Å². The second-order valence-corrected chi connectivity index (χ2v) is 2.36. The molecule has 0 bridgehead atoms. The topological polar surface area (TPSA) is 126 Å². The van der Waals surface area contributed by atoms with Crippen molar-refractivity contribution in [3.63, 3.8) is 0 Å². The molecule has 0 aliphatic carbocycles. The van der Waals surface area contributed by atoms with Crippen molar-refractivity contribution in [3.8, 4) is 0 Å².